The summed E-state index contributed by atoms with van der Waals surface area (Å²) in [7, 11) is 0. The van der Waals surface area contributed by atoms with E-state index >= 15 is 0 Å². The summed E-state index contributed by atoms with van der Waals surface area (Å²) < 4.78 is 5.94. The molecule has 6 nitrogen and oxygen atoms in total. The van der Waals surface area contributed by atoms with Gasteiger partial charge in [0.05, 0.1) is 17.7 Å². The molecule has 0 fully saturated rings. The first-order chi connectivity index (χ1) is 18.7. The fourth-order valence-electron chi connectivity index (χ4n) is 5.19. The molecule has 6 rings (SSSR count). The van der Waals surface area contributed by atoms with Crippen molar-refractivity contribution < 1.29 is 9.53 Å². The Hall–Kier alpha value is -4.42. The Bertz CT molecular complexity index is 1670. The summed E-state index contributed by atoms with van der Waals surface area (Å²) >= 11 is 0. The maximum absolute atomic E-state index is 13.1. The van der Waals surface area contributed by atoms with Crippen LogP contribution < -0.4 is 15.5 Å². The molecule has 38 heavy (non-hydrogen) atoms. The van der Waals surface area contributed by atoms with Crippen LogP contribution in [0.3, 0.4) is 0 Å². The fraction of sp³-hybridized carbons (Fsp3) is 0.188. The molecule has 0 atom stereocenters. The largest absolute Gasteiger partial charge is 0.494 e. The van der Waals surface area contributed by atoms with Gasteiger partial charge in [0, 0.05) is 41.6 Å². The van der Waals surface area contributed by atoms with E-state index in [2.05, 4.69) is 39.5 Å². The average molecular weight is 504 g/mol. The minimum atomic E-state index is -0.279. The highest BCUT2D eigenvalue weighted by atomic mass is 16.5. The number of fused-ring (bicyclic) bond motifs is 3. The predicted octanol–water partition coefficient (Wildman–Crippen LogP) is 5.76. The van der Waals surface area contributed by atoms with Crippen molar-refractivity contribution >= 4 is 33.4 Å². The summed E-state index contributed by atoms with van der Waals surface area (Å²) in [6.07, 6.45) is 2.06. The van der Waals surface area contributed by atoms with Gasteiger partial charge in [-0.25, -0.2) is 0 Å². The van der Waals surface area contributed by atoms with Crippen molar-refractivity contribution in [1.29, 1.82) is 0 Å². The molecule has 1 amide bonds. The molecular formula is C32H29N3O3. The molecule has 190 valence electrons. The maximum Gasteiger partial charge on any atom is 0.257 e. The molecule has 0 spiro atoms. The van der Waals surface area contributed by atoms with E-state index in [1.807, 2.05) is 42.5 Å². The number of aromatic amines is 1. The number of ether oxygens (including phenoxy) is 1. The molecule has 2 N–H and O–H groups in total. The van der Waals surface area contributed by atoms with Crippen LogP contribution in [0.15, 0.2) is 95.8 Å². The lowest BCUT2D eigenvalue weighted by atomic mass is 10.00. The normalized spacial score (nSPS) is 13.4. The van der Waals surface area contributed by atoms with Crippen LogP contribution in [-0.4, -0.2) is 35.5 Å². The number of rotatable bonds is 7. The number of carbonyl (C=O) groups is 1. The number of pyridine rings is 1. The third kappa shape index (κ3) is 4.91. The zero-order valence-electron chi connectivity index (χ0n) is 21.1. The lowest BCUT2D eigenvalue weighted by Crippen LogP contribution is -2.31. The molecule has 1 aliphatic heterocycles. The minimum absolute atomic E-state index is 0.0874. The van der Waals surface area contributed by atoms with Gasteiger partial charge in [0.2, 0.25) is 0 Å². The molecule has 0 radical (unpaired) electrons. The SMILES string of the molecule is O=C(Nc1ccc(OCCCN2CCc3ccccc3C2)cc1)c1cccc2c(=O)c3ccccc3[nH]c12. The average Bonchev–Trinajstić information content (AvgIpc) is 2.96. The lowest BCUT2D eigenvalue weighted by Gasteiger charge is -2.28. The van der Waals surface area contributed by atoms with Crippen molar-refractivity contribution in [2.45, 2.75) is 19.4 Å². The Morgan fingerprint density at radius 2 is 1.63 bits per heavy atom. The van der Waals surface area contributed by atoms with Gasteiger partial charge >= 0.3 is 0 Å². The highest BCUT2D eigenvalue weighted by molar-refractivity contribution is 6.13. The van der Waals surface area contributed by atoms with Crippen molar-refractivity contribution in [3.63, 3.8) is 0 Å². The van der Waals surface area contributed by atoms with Crippen LogP contribution >= 0.6 is 0 Å². The maximum atomic E-state index is 13.1. The highest BCUT2D eigenvalue weighted by Gasteiger charge is 2.16. The van der Waals surface area contributed by atoms with E-state index < -0.39 is 0 Å². The highest BCUT2D eigenvalue weighted by Crippen LogP contribution is 2.22. The molecular weight excluding hydrogens is 474 g/mol. The molecule has 0 saturated heterocycles. The topological polar surface area (TPSA) is 74.4 Å². The number of aromatic nitrogens is 1. The molecule has 4 aromatic carbocycles. The van der Waals surface area contributed by atoms with Gasteiger partial charge in [0.15, 0.2) is 5.43 Å². The van der Waals surface area contributed by atoms with Gasteiger partial charge in [-0.3, -0.25) is 14.5 Å². The number of hydrogen-bond donors (Lipinski definition) is 2. The smallest absolute Gasteiger partial charge is 0.257 e. The van der Waals surface area contributed by atoms with Crippen molar-refractivity contribution in [1.82, 2.24) is 9.88 Å². The quantitative estimate of drug-likeness (QED) is 0.219. The molecule has 6 heteroatoms. The third-order valence-corrected chi connectivity index (χ3v) is 7.19. The lowest BCUT2D eigenvalue weighted by molar-refractivity contribution is 0.102. The Kier molecular flexibility index (Phi) is 6.63. The van der Waals surface area contributed by atoms with Crippen LogP contribution in [0.25, 0.3) is 21.8 Å². The number of carbonyl (C=O) groups excluding carboxylic acids is 1. The van der Waals surface area contributed by atoms with Gasteiger partial charge < -0.3 is 15.0 Å². The van der Waals surface area contributed by atoms with Gasteiger partial charge in [-0.2, -0.15) is 0 Å². The second-order valence-electron chi connectivity index (χ2n) is 9.70. The standard InChI is InChI=1S/C32H29N3O3/c36-31-26-9-3-4-12-29(26)34-30-27(31)10-5-11-28(30)32(37)33-24-13-15-25(16-14-24)38-20-6-18-35-19-17-22-7-1-2-8-23(22)21-35/h1-5,7-16H,6,17-21H2,(H,33,37)(H,34,36). The second kappa shape index (κ2) is 10.5. The first kappa shape index (κ1) is 23.9. The number of hydrogen-bond acceptors (Lipinski definition) is 4. The van der Waals surface area contributed by atoms with E-state index in [0.29, 0.717) is 39.7 Å². The molecule has 2 heterocycles. The van der Waals surface area contributed by atoms with E-state index in [1.54, 1.807) is 24.3 Å². The van der Waals surface area contributed by atoms with E-state index in [9.17, 15) is 9.59 Å². The van der Waals surface area contributed by atoms with Crippen molar-refractivity contribution in [2.24, 2.45) is 0 Å². The Labute approximate surface area is 220 Å². The Balaban J connectivity index is 1.06. The van der Waals surface area contributed by atoms with Gasteiger partial charge in [-0.1, -0.05) is 42.5 Å². The zero-order chi connectivity index (χ0) is 25.9. The van der Waals surface area contributed by atoms with Gasteiger partial charge in [0.1, 0.15) is 5.75 Å². The number of nitrogens with zero attached hydrogens (tertiary/aromatic N) is 1. The number of para-hydroxylation sites is 2. The summed E-state index contributed by atoms with van der Waals surface area (Å²) in [6.45, 7) is 3.74. The van der Waals surface area contributed by atoms with Crippen LogP contribution in [0.4, 0.5) is 5.69 Å². The van der Waals surface area contributed by atoms with E-state index in [4.69, 9.17) is 4.74 Å². The molecule has 0 saturated carbocycles. The van der Waals surface area contributed by atoms with Gasteiger partial charge in [0.25, 0.3) is 5.91 Å². The van der Waals surface area contributed by atoms with Crippen LogP contribution in [0.1, 0.15) is 27.9 Å². The molecule has 0 aliphatic carbocycles. The van der Waals surface area contributed by atoms with E-state index in [-0.39, 0.29) is 11.3 Å². The summed E-state index contributed by atoms with van der Waals surface area (Å²) in [5, 5.41) is 4.04. The summed E-state index contributed by atoms with van der Waals surface area (Å²) in [6, 6.07) is 28.6. The van der Waals surface area contributed by atoms with E-state index in [0.717, 1.165) is 38.2 Å². The number of anilines is 1. The fourth-order valence-corrected chi connectivity index (χ4v) is 5.19. The first-order valence-electron chi connectivity index (χ1n) is 13.0. The van der Waals surface area contributed by atoms with Crippen LogP contribution in [0, 0.1) is 0 Å². The molecule has 0 bridgehead atoms. The van der Waals surface area contributed by atoms with Crippen LogP contribution in [-0.2, 0) is 13.0 Å². The van der Waals surface area contributed by atoms with Gasteiger partial charge in [-0.05, 0) is 72.5 Å². The van der Waals surface area contributed by atoms with Gasteiger partial charge in [-0.15, -0.1) is 0 Å². The summed E-state index contributed by atoms with van der Waals surface area (Å²) in [5.74, 6) is 0.492. The van der Waals surface area contributed by atoms with E-state index in [1.165, 1.54) is 11.1 Å². The second-order valence-corrected chi connectivity index (χ2v) is 9.70. The monoisotopic (exact) mass is 503 g/mol. The van der Waals surface area contributed by atoms with Crippen molar-refractivity contribution in [2.75, 3.05) is 25.0 Å². The number of amides is 1. The molecule has 1 aromatic heterocycles. The summed E-state index contributed by atoms with van der Waals surface area (Å²) in [4.78, 5) is 31.8. The summed E-state index contributed by atoms with van der Waals surface area (Å²) in [5.41, 5.74) is 5.13. The molecule has 5 aromatic rings. The predicted molar refractivity (Wildman–Crippen MR) is 152 cm³/mol. The molecule has 0 unspecified atom stereocenters. The third-order valence-electron chi connectivity index (χ3n) is 7.19. The van der Waals surface area contributed by atoms with Crippen molar-refractivity contribution in [3.8, 4) is 5.75 Å². The Morgan fingerprint density at radius 1 is 0.868 bits per heavy atom. The van der Waals surface area contributed by atoms with Crippen LogP contribution in [0.5, 0.6) is 5.75 Å². The molecule has 1 aliphatic rings. The number of benzene rings is 4. The van der Waals surface area contributed by atoms with Crippen LogP contribution in [0.2, 0.25) is 0 Å². The van der Waals surface area contributed by atoms with Crippen molar-refractivity contribution in [3.05, 3.63) is 118 Å². The Morgan fingerprint density at radius 3 is 2.50 bits per heavy atom. The number of nitrogens with one attached hydrogen (secondary N) is 2. The minimum Gasteiger partial charge on any atom is -0.494 e. The number of H-pyrrole nitrogens is 1. The first-order valence-corrected chi connectivity index (χ1v) is 13.0. The zero-order valence-corrected chi connectivity index (χ0v) is 21.1.